The van der Waals surface area contributed by atoms with Crippen molar-refractivity contribution in [3.8, 4) is 5.75 Å². The lowest BCUT2D eigenvalue weighted by molar-refractivity contribution is -0.115. The summed E-state index contributed by atoms with van der Waals surface area (Å²) >= 11 is 0. The van der Waals surface area contributed by atoms with Crippen LogP contribution in [0.5, 0.6) is 5.75 Å². The first-order valence-electron chi connectivity index (χ1n) is 6.33. The Labute approximate surface area is 116 Å². The van der Waals surface area contributed by atoms with Gasteiger partial charge in [-0.15, -0.1) is 0 Å². The van der Waals surface area contributed by atoms with Crippen molar-refractivity contribution in [2.45, 2.75) is 5.92 Å². The first-order chi connectivity index (χ1) is 9.70. The lowest BCUT2D eigenvalue weighted by Crippen LogP contribution is -2.21. The summed E-state index contributed by atoms with van der Waals surface area (Å²) in [5.74, 6) is 0.0458. The Morgan fingerprint density at radius 2 is 1.85 bits per heavy atom. The second-order valence-electron chi connectivity index (χ2n) is 4.65. The molecule has 1 aliphatic rings. The number of carbonyl (C=O) groups is 1. The quantitative estimate of drug-likeness (QED) is 0.839. The normalized spacial score (nSPS) is 16.4. The zero-order valence-electron chi connectivity index (χ0n) is 11.0. The standard InChI is InChI=1S/C16H14N2O2/c1-20-11-8-6-10(7-9-11)15(17)14-12-4-2-3-5-13(12)18-16(14)19/h2-9,14,17H,1H3,(H,18,19). The molecular formula is C16H14N2O2. The van der Waals surface area contributed by atoms with Crippen molar-refractivity contribution in [3.63, 3.8) is 0 Å². The van der Waals surface area contributed by atoms with Crippen molar-refractivity contribution < 1.29 is 9.53 Å². The molecule has 0 saturated carbocycles. The number of carbonyl (C=O) groups excluding carboxylic acids is 1. The number of ether oxygens (including phenoxy) is 1. The van der Waals surface area contributed by atoms with E-state index < -0.39 is 5.92 Å². The second-order valence-corrected chi connectivity index (χ2v) is 4.65. The fourth-order valence-electron chi connectivity index (χ4n) is 2.43. The van der Waals surface area contributed by atoms with Crippen LogP contribution in [0.15, 0.2) is 48.5 Å². The Hall–Kier alpha value is -2.62. The number of methoxy groups -OCH3 is 1. The first-order valence-corrected chi connectivity index (χ1v) is 6.33. The van der Waals surface area contributed by atoms with Gasteiger partial charge in [0.1, 0.15) is 11.7 Å². The van der Waals surface area contributed by atoms with Gasteiger partial charge in [0.15, 0.2) is 0 Å². The highest BCUT2D eigenvalue weighted by Crippen LogP contribution is 2.34. The van der Waals surface area contributed by atoms with Crippen LogP contribution in [0, 0.1) is 5.41 Å². The van der Waals surface area contributed by atoms with E-state index in [0.717, 1.165) is 22.6 Å². The third kappa shape index (κ3) is 1.95. The number of anilines is 1. The van der Waals surface area contributed by atoms with Gasteiger partial charge in [0.2, 0.25) is 5.91 Å². The number of hydrogen-bond donors (Lipinski definition) is 2. The minimum atomic E-state index is -0.542. The van der Waals surface area contributed by atoms with Gasteiger partial charge in [-0.25, -0.2) is 0 Å². The lowest BCUT2D eigenvalue weighted by atomic mass is 9.91. The average Bonchev–Trinajstić information content (AvgIpc) is 2.82. The summed E-state index contributed by atoms with van der Waals surface area (Å²) in [6.07, 6.45) is 0. The molecule has 0 radical (unpaired) electrons. The number of nitrogens with one attached hydrogen (secondary N) is 2. The van der Waals surface area contributed by atoms with Crippen molar-refractivity contribution in [3.05, 3.63) is 59.7 Å². The molecule has 100 valence electrons. The van der Waals surface area contributed by atoms with Gasteiger partial charge in [-0.1, -0.05) is 18.2 Å². The van der Waals surface area contributed by atoms with E-state index in [2.05, 4.69) is 5.32 Å². The maximum atomic E-state index is 12.1. The van der Waals surface area contributed by atoms with E-state index in [1.54, 1.807) is 31.4 Å². The fourth-order valence-corrected chi connectivity index (χ4v) is 2.43. The van der Waals surface area contributed by atoms with Gasteiger partial charge >= 0.3 is 0 Å². The van der Waals surface area contributed by atoms with E-state index in [9.17, 15) is 4.79 Å². The second kappa shape index (κ2) is 4.81. The SMILES string of the molecule is COc1ccc(C(=N)C2C(=O)Nc3ccccc32)cc1. The molecular weight excluding hydrogens is 252 g/mol. The molecule has 2 N–H and O–H groups in total. The van der Waals surface area contributed by atoms with Crippen LogP contribution in [0.25, 0.3) is 0 Å². The number of fused-ring (bicyclic) bond motifs is 1. The van der Waals surface area contributed by atoms with E-state index in [1.165, 1.54) is 0 Å². The Balaban J connectivity index is 1.96. The first kappa shape index (κ1) is 12.4. The van der Waals surface area contributed by atoms with Gasteiger partial charge in [-0.2, -0.15) is 0 Å². The molecule has 0 saturated heterocycles. The molecule has 1 atom stereocenters. The highest BCUT2D eigenvalue weighted by molar-refractivity contribution is 6.22. The summed E-state index contributed by atoms with van der Waals surface area (Å²) in [4.78, 5) is 12.1. The van der Waals surface area contributed by atoms with Crippen molar-refractivity contribution in [2.24, 2.45) is 0 Å². The summed E-state index contributed by atoms with van der Waals surface area (Å²) < 4.78 is 5.10. The van der Waals surface area contributed by atoms with Gasteiger partial charge in [0.05, 0.1) is 12.8 Å². The van der Waals surface area contributed by atoms with E-state index in [1.807, 2.05) is 24.3 Å². The van der Waals surface area contributed by atoms with Crippen LogP contribution in [0.3, 0.4) is 0 Å². The molecule has 20 heavy (non-hydrogen) atoms. The number of amides is 1. The van der Waals surface area contributed by atoms with Gasteiger partial charge in [0, 0.05) is 5.69 Å². The summed E-state index contributed by atoms with van der Waals surface area (Å²) in [5, 5.41) is 11.1. The molecule has 2 aromatic carbocycles. The number of hydrogen-bond acceptors (Lipinski definition) is 3. The molecule has 0 spiro atoms. The van der Waals surface area contributed by atoms with Crippen LogP contribution in [0.4, 0.5) is 5.69 Å². The van der Waals surface area contributed by atoms with Crippen molar-refractivity contribution in [1.82, 2.24) is 0 Å². The molecule has 0 bridgehead atoms. The summed E-state index contributed by atoms with van der Waals surface area (Å²) in [5.41, 5.74) is 2.68. The van der Waals surface area contributed by atoms with Gasteiger partial charge in [0.25, 0.3) is 0 Å². The Morgan fingerprint density at radius 1 is 1.15 bits per heavy atom. The molecule has 1 amide bonds. The van der Waals surface area contributed by atoms with Crippen LogP contribution in [0.2, 0.25) is 0 Å². The van der Waals surface area contributed by atoms with Crippen LogP contribution in [-0.2, 0) is 4.79 Å². The molecule has 0 fully saturated rings. The molecule has 3 rings (SSSR count). The number of rotatable bonds is 3. The van der Waals surface area contributed by atoms with Gasteiger partial charge < -0.3 is 15.5 Å². The smallest absolute Gasteiger partial charge is 0.238 e. The average molecular weight is 266 g/mol. The maximum absolute atomic E-state index is 12.1. The predicted octanol–water partition coefficient (Wildman–Crippen LogP) is 2.80. The van der Waals surface area contributed by atoms with E-state index in [-0.39, 0.29) is 5.91 Å². The molecule has 0 aliphatic carbocycles. The van der Waals surface area contributed by atoms with Crippen molar-refractivity contribution in [2.75, 3.05) is 12.4 Å². The third-order valence-corrected chi connectivity index (χ3v) is 3.48. The van der Waals surface area contributed by atoms with Gasteiger partial charge in [-0.05, 0) is 41.5 Å². The maximum Gasteiger partial charge on any atom is 0.238 e. The Bertz CT molecular complexity index is 677. The van der Waals surface area contributed by atoms with Crippen molar-refractivity contribution >= 4 is 17.3 Å². The number of para-hydroxylation sites is 1. The van der Waals surface area contributed by atoms with Crippen LogP contribution < -0.4 is 10.1 Å². The van der Waals surface area contributed by atoms with Crippen LogP contribution in [0.1, 0.15) is 17.0 Å². The number of benzene rings is 2. The molecule has 4 heteroatoms. The van der Waals surface area contributed by atoms with Gasteiger partial charge in [-0.3, -0.25) is 4.79 Å². The molecule has 1 unspecified atom stereocenters. The van der Waals surface area contributed by atoms with Crippen LogP contribution in [-0.4, -0.2) is 18.7 Å². The highest BCUT2D eigenvalue weighted by atomic mass is 16.5. The summed E-state index contributed by atoms with van der Waals surface area (Å²) in [6, 6.07) is 14.7. The molecule has 2 aromatic rings. The van der Waals surface area contributed by atoms with E-state index in [4.69, 9.17) is 10.1 Å². The topological polar surface area (TPSA) is 62.2 Å². The third-order valence-electron chi connectivity index (χ3n) is 3.48. The minimum Gasteiger partial charge on any atom is -0.497 e. The van der Waals surface area contributed by atoms with E-state index in [0.29, 0.717) is 5.71 Å². The predicted molar refractivity (Wildman–Crippen MR) is 77.6 cm³/mol. The molecule has 1 aliphatic heterocycles. The van der Waals surface area contributed by atoms with Crippen LogP contribution >= 0.6 is 0 Å². The van der Waals surface area contributed by atoms with Crippen molar-refractivity contribution in [1.29, 1.82) is 5.41 Å². The monoisotopic (exact) mass is 266 g/mol. The zero-order chi connectivity index (χ0) is 14.1. The fraction of sp³-hybridized carbons (Fsp3) is 0.125. The summed E-state index contributed by atoms with van der Waals surface area (Å²) in [7, 11) is 1.60. The Kier molecular flexibility index (Phi) is 2.99. The zero-order valence-corrected chi connectivity index (χ0v) is 11.0. The highest BCUT2D eigenvalue weighted by Gasteiger charge is 2.34. The molecule has 4 nitrogen and oxygen atoms in total. The molecule has 1 heterocycles. The minimum absolute atomic E-state index is 0.146. The van der Waals surface area contributed by atoms with E-state index >= 15 is 0 Å². The summed E-state index contributed by atoms with van der Waals surface area (Å²) in [6.45, 7) is 0. The lowest BCUT2D eigenvalue weighted by Gasteiger charge is -2.11. The molecule has 0 aromatic heterocycles. The Morgan fingerprint density at radius 3 is 2.55 bits per heavy atom. The largest absolute Gasteiger partial charge is 0.497 e.